The minimum absolute atomic E-state index is 0.282. The number of hydrogen-bond donors (Lipinski definition) is 1. The molecule has 0 spiro atoms. The van der Waals surface area contributed by atoms with Gasteiger partial charge in [0.05, 0.1) is 0 Å². The number of hydrogen-bond acceptors (Lipinski definition) is 5. The van der Waals surface area contributed by atoms with Gasteiger partial charge in [-0.15, -0.1) is 11.8 Å². The third-order valence-corrected chi connectivity index (χ3v) is 2.70. The standard InChI is InChI=1S/C10H8N2O3S/c1-16-7-4-2-6(3-5-7)8-11-9(10(13)14)15-12-8/h2-5H,1H3,(H,13,14). The van der Waals surface area contributed by atoms with Crippen LogP contribution in [0.5, 0.6) is 0 Å². The van der Waals surface area contributed by atoms with E-state index in [4.69, 9.17) is 5.11 Å². The molecule has 1 aromatic carbocycles. The maximum absolute atomic E-state index is 10.5. The zero-order chi connectivity index (χ0) is 11.5. The predicted octanol–water partition coefficient (Wildman–Crippen LogP) is 2.16. The Hall–Kier alpha value is -1.82. The van der Waals surface area contributed by atoms with Gasteiger partial charge < -0.3 is 9.63 Å². The molecule has 0 aliphatic heterocycles. The van der Waals surface area contributed by atoms with Gasteiger partial charge in [0.2, 0.25) is 5.82 Å². The van der Waals surface area contributed by atoms with Crippen LogP contribution in [0.15, 0.2) is 33.7 Å². The van der Waals surface area contributed by atoms with Crippen molar-refractivity contribution >= 4 is 17.7 Å². The van der Waals surface area contributed by atoms with Crippen molar-refractivity contribution in [2.75, 3.05) is 6.26 Å². The Morgan fingerprint density at radius 1 is 1.38 bits per heavy atom. The van der Waals surface area contributed by atoms with Crippen LogP contribution in [0.4, 0.5) is 0 Å². The average Bonchev–Trinajstić information content (AvgIpc) is 2.78. The molecule has 0 aliphatic carbocycles. The van der Waals surface area contributed by atoms with E-state index in [-0.39, 0.29) is 5.82 Å². The normalized spacial score (nSPS) is 10.3. The molecule has 6 heteroatoms. The minimum atomic E-state index is -1.22. The number of thioether (sulfide) groups is 1. The quantitative estimate of drug-likeness (QED) is 0.823. The minimum Gasteiger partial charge on any atom is -0.474 e. The molecular weight excluding hydrogens is 228 g/mol. The molecule has 0 bridgehead atoms. The maximum Gasteiger partial charge on any atom is 0.394 e. The van der Waals surface area contributed by atoms with Crippen LogP contribution in [-0.4, -0.2) is 27.5 Å². The fraction of sp³-hybridized carbons (Fsp3) is 0.100. The highest BCUT2D eigenvalue weighted by Gasteiger charge is 2.14. The van der Waals surface area contributed by atoms with Crippen LogP contribution in [0, 0.1) is 0 Å². The smallest absolute Gasteiger partial charge is 0.394 e. The Bertz CT molecular complexity index is 507. The van der Waals surface area contributed by atoms with Crippen molar-refractivity contribution in [2.24, 2.45) is 0 Å². The molecule has 0 saturated carbocycles. The second kappa shape index (κ2) is 4.36. The van der Waals surface area contributed by atoms with Crippen LogP contribution >= 0.6 is 11.8 Å². The van der Waals surface area contributed by atoms with Crippen LogP contribution in [0.1, 0.15) is 10.7 Å². The summed E-state index contributed by atoms with van der Waals surface area (Å²) in [5.74, 6) is -1.34. The zero-order valence-corrected chi connectivity index (χ0v) is 9.19. The molecule has 0 saturated heterocycles. The van der Waals surface area contributed by atoms with Crippen LogP contribution in [0.25, 0.3) is 11.4 Å². The van der Waals surface area contributed by atoms with Gasteiger partial charge in [-0.3, -0.25) is 0 Å². The van der Waals surface area contributed by atoms with E-state index >= 15 is 0 Å². The molecule has 0 radical (unpaired) electrons. The highest BCUT2D eigenvalue weighted by molar-refractivity contribution is 7.98. The summed E-state index contributed by atoms with van der Waals surface area (Å²) >= 11 is 1.62. The zero-order valence-electron chi connectivity index (χ0n) is 8.38. The van der Waals surface area contributed by atoms with E-state index in [1.54, 1.807) is 11.8 Å². The summed E-state index contributed by atoms with van der Waals surface area (Å²) in [6.45, 7) is 0. The molecule has 82 valence electrons. The monoisotopic (exact) mass is 236 g/mol. The molecule has 0 aliphatic rings. The highest BCUT2D eigenvalue weighted by atomic mass is 32.2. The Labute approximate surface area is 95.5 Å². The molecule has 0 atom stereocenters. The van der Waals surface area contributed by atoms with Crippen LogP contribution in [0.2, 0.25) is 0 Å². The Morgan fingerprint density at radius 3 is 2.56 bits per heavy atom. The molecule has 0 unspecified atom stereocenters. The Kier molecular flexibility index (Phi) is 2.91. The topological polar surface area (TPSA) is 76.2 Å². The van der Waals surface area contributed by atoms with E-state index in [1.165, 1.54) is 0 Å². The van der Waals surface area contributed by atoms with Crippen molar-refractivity contribution in [3.63, 3.8) is 0 Å². The largest absolute Gasteiger partial charge is 0.474 e. The first-order chi connectivity index (χ1) is 7.70. The van der Waals surface area contributed by atoms with E-state index in [0.29, 0.717) is 0 Å². The molecule has 1 aromatic heterocycles. The van der Waals surface area contributed by atoms with Crippen LogP contribution in [-0.2, 0) is 0 Å². The summed E-state index contributed by atoms with van der Waals surface area (Å²) < 4.78 is 4.57. The first-order valence-corrected chi connectivity index (χ1v) is 5.64. The molecule has 0 fully saturated rings. The lowest BCUT2D eigenvalue weighted by molar-refractivity contribution is 0.0643. The molecule has 16 heavy (non-hydrogen) atoms. The van der Waals surface area contributed by atoms with Gasteiger partial charge in [0, 0.05) is 10.5 Å². The van der Waals surface area contributed by atoms with Crippen molar-refractivity contribution in [2.45, 2.75) is 4.90 Å². The van der Waals surface area contributed by atoms with Crippen molar-refractivity contribution in [1.29, 1.82) is 0 Å². The van der Waals surface area contributed by atoms with Crippen LogP contribution in [0.3, 0.4) is 0 Å². The van der Waals surface area contributed by atoms with Gasteiger partial charge in [0.1, 0.15) is 0 Å². The second-order valence-corrected chi connectivity index (χ2v) is 3.84. The lowest BCUT2D eigenvalue weighted by Gasteiger charge is -1.96. The van der Waals surface area contributed by atoms with Gasteiger partial charge in [-0.25, -0.2) is 4.79 Å². The summed E-state index contributed by atoms with van der Waals surface area (Å²) in [6.07, 6.45) is 1.98. The summed E-state index contributed by atoms with van der Waals surface area (Å²) in [6, 6.07) is 7.47. The number of carbonyl (C=O) groups is 1. The summed E-state index contributed by atoms with van der Waals surface area (Å²) in [5.41, 5.74) is 0.731. The number of carboxylic acid groups (broad SMARTS) is 1. The maximum atomic E-state index is 10.5. The lowest BCUT2D eigenvalue weighted by atomic mass is 10.2. The Balaban J connectivity index is 2.31. The summed E-state index contributed by atoms with van der Waals surface area (Å²) in [7, 11) is 0. The van der Waals surface area contributed by atoms with Crippen molar-refractivity contribution in [3.8, 4) is 11.4 Å². The average molecular weight is 236 g/mol. The number of rotatable bonds is 3. The van der Waals surface area contributed by atoms with Crippen molar-refractivity contribution < 1.29 is 14.4 Å². The first kappa shape index (κ1) is 10.7. The molecule has 5 nitrogen and oxygen atoms in total. The van der Waals surface area contributed by atoms with Gasteiger partial charge >= 0.3 is 11.9 Å². The number of aromatic carboxylic acids is 1. The van der Waals surface area contributed by atoms with Crippen molar-refractivity contribution in [1.82, 2.24) is 10.1 Å². The Morgan fingerprint density at radius 2 is 2.06 bits per heavy atom. The van der Waals surface area contributed by atoms with E-state index in [1.807, 2.05) is 30.5 Å². The fourth-order valence-electron chi connectivity index (χ4n) is 1.17. The number of carboxylic acids is 1. The van der Waals surface area contributed by atoms with E-state index in [9.17, 15) is 4.79 Å². The van der Waals surface area contributed by atoms with Gasteiger partial charge in [-0.2, -0.15) is 4.98 Å². The number of benzene rings is 1. The summed E-state index contributed by atoms with van der Waals surface area (Å²) in [4.78, 5) is 15.4. The predicted molar refractivity (Wildman–Crippen MR) is 58.5 cm³/mol. The molecule has 2 aromatic rings. The van der Waals surface area contributed by atoms with E-state index < -0.39 is 11.9 Å². The SMILES string of the molecule is CSc1ccc(-c2noc(C(=O)O)n2)cc1. The van der Waals surface area contributed by atoms with Crippen LogP contribution < -0.4 is 0 Å². The lowest BCUT2D eigenvalue weighted by Crippen LogP contribution is -1.95. The van der Waals surface area contributed by atoms with E-state index in [0.717, 1.165) is 10.5 Å². The van der Waals surface area contributed by atoms with Gasteiger partial charge in [0.15, 0.2) is 0 Å². The van der Waals surface area contributed by atoms with Gasteiger partial charge in [0.25, 0.3) is 0 Å². The molecule has 0 amide bonds. The summed E-state index contributed by atoms with van der Waals surface area (Å²) in [5, 5.41) is 12.2. The van der Waals surface area contributed by atoms with Gasteiger partial charge in [-0.1, -0.05) is 5.16 Å². The molecular formula is C10H8N2O3S. The van der Waals surface area contributed by atoms with Gasteiger partial charge in [-0.05, 0) is 30.5 Å². The fourth-order valence-corrected chi connectivity index (χ4v) is 1.58. The van der Waals surface area contributed by atoms with Crippen molar-refractivity contribution in [3.05, 3.63) is 30.2 Å². The number of aromatic nitrogens is 2. The first-order valence-electron chi connectivity index (χ1n) is 4.42. The molecule has 2 rings (SSSR count). The third kappa shape index (κ3) is 2.06. The molecule has 1 heterocycles. The van der Waals surface area contributed by atoms with E-state index in [2.05, 4.69) is 14.7 Å². The number of nitrogens with zero attached hydrogens (tertiary/aromatic N) is 2. The second-order valence-electron chi connectivity index (χ2n) is 2.96. The third-order valence-electron chi connectivity index (χ3n) is 1.96. The molecule has 1 N–H and O–H groups in total. The highest BCUT2D eigenvalue weighted by Crippen LogP contribution is 2.20.